The molecule has 4 aromatic heterocycles. The van der Waals surface area contributed by atoms with E-state index in [1.54, 1.807) is 26.0 Å². The van der Waals surface area contributed by atoms with E-state index >= 15 is 0 Å². The molecule has 0 saturated heterocycles. The van der Waals surface area contributed by atoms with Crippen molar-refractivity contribution in [3.63, 3.8) is 0 Å². The van der Waals surface area contributed by atoms with Crippen molar-refractivity contribution in [2.75, 3.05) is 0 Å². The molecular formula is C40H30CuN4O8S2. The summed E-state index contributed by atoms with van der Waals surface area (Å²) in [6.07, 6.45) is 2.83. The fourth-order valence-corrected chi connectivity index (χ4v) is 6.73. The third-order valence-corrected chi connectivity index (χ3v) is 9.46. The van der Waals surface area contributed by atoms with E-state index in [-0.39, 0.29) is 61.8 Å². The number of aromatic nitrogens is 2. The van der Waals surface area contributed by atoms with Gasteiger partial charge in [0, 0.05) is 68.3 Å². The van der Waals surface area contributed by atoms with Gasteiger partial charge in [0.05, 0.1) is 11.4 Å². The second-order valence-corrected chi connectivity index (χ2v) is 13.2. The SMILES string of the molecule is Cc1cc(=O)oc2c(/C=N\c3nc(-c4ccccc4)cs3)c([O-])ccc12.Cc1cc(=O)oc2c(/C=N\c3nc(-c4ccccc4)cs3)c([O-])ccc12.O.O.[Cu+2]. The van der Waals surface area contributed by atoms with Gasteiger partial charge < -0.3 is 30.0 Å². The van der Waals surface area contributed by atoms with Gasteiger partial charge in [-0.15, -0.1) is 22.7 Å². The number of aryl methyl sites for hydroxylation is 2. The Hall–Kier alpha value is -6.06. The summed E-state index contributed by atoms with van der Waals surface area (Å²) in [5.74, 6) is -0.510. The molecule has 0 saturated carbocycles. The Bertz CT molecular complexity index is 2560. The fourth-order valence-electron chi connectivity index (χ4n) is 5.39. The number of fused-ring (bicyclic) bond motifs is 2. The molecule has 0 spiro atoms. The maximum Gasteiger partial charge on any atom is 2.00 e. The standard InChI is InChI=1S/2C20H14N2O3S.Cu.2H2O/c2*1-12-9-18(24)25-19-14(12)7-8-17(23)15(19)10-21-20-22-16(11-26-20)13-5-3-2-4-6-13;;;/h2*2-11,23H,1H3;;2*1H2/q;;+2;;/p-2/b2*21-10-;;;. The van der Waals surface area contributed by atoms with Crippen LogP contribution in [0.25, 0.3) is 44.5 Å². The van der Waals surface area contributed by atoms with E-state index in [2.05, 4.69) is 20.0 Å². The molecular weight excluding hydrogens is 792 g/mol. The predicted octanol–water partition coefficient (Wildman–Crippen LogP) is 6.45. The number of nitrogens with zero attached hydrogens (tertiary/aromatic N) is 4. The third-order valence-electron chi connectivity index (χ3n) is 7.97. The summed E-state index contributed by atoms with van der Waals surface area (Å²) in [5.41, 5.74) is 5.19. The van der Waals surface area contributed by atoms with Crippen molar-refractivity contribution in [1.82, 2.24) is 9.97 Å². The number of aliphatic imine (C=N–C) groups is 2. The van der Waals surface area contributed by atoms with Crippen molar-refractivity contribution in [3.8, 4) is 34.0 Å². The molecule has 0 aliphatic rings. The molecule has 15 heteroatoms. The minimum atomic E-state index is -0.490. The van der Waals surface area contributed by atoms with Gasteiger partial charge in [-0.05, 0) is 25.0 Å². The first-order chi connectivity index (χ1) is 25.2. The monoisotopic (exact) mass is 821 g/mol. The molecule has 0 amide bonds. The molecule has 4 N–H and O–H groups in total. The van der Waals surface area contributed by atoms with Gasteiger partial charge in [0.15, 0.2) is 0 Å². The smallest absolute Gasteiger partial charge is 0.872 e. The quantitative estimate of drug-likeness (QED) is 0.103. The summed E-state index contributed by atoms with van der Waals surface area (Å²) in [6.45, 7) is 3.61. The van der Waals surface area contributed by atoms with Gasteiger partial charge in [-0.2, -0.15) is 0 Å². The molecule has 1 radical (unpaired) electrons. The Kier molecular flexibility index (Phi) is 13.9. The van der Waals surface area contributed by atoms with Crippen molar-refractivity contribution in [1.29, 1.82) is 0 Å². The first kappa shape index (κ1) is 41.7. The average molecular weight is 822 g/mol. The zero-order valence-electron chi connectivity index (χ0n) is 28.9. The van der Waals surface area contributed by atoms with Gasteiger partial charge >= 0.3 is 28.3 Å². The Morgan fingerprint density at radius 1 is 0.600 bits per heavy atom. The van der Waals surface area contributed by atoms with Crippen LogP contribution in [0.2, 0.25) is 0 Å². The Balaban J connectivity index is 0.000000232. The van der Waals surface area contributed by atoms with E-state index in [1.165, 1.54) is 59.4 Å². The van der Waals surface area contributed by atoms with Crippen LogP contribution < -0.4 is 21.5 Å². The number of hydrogen-bond donors (Lipinski definition) is 0. The molecule has 0 unspecified atom stereocenters. The number of rotatable bonds is 6. The van der Waals surface area contributed by atoms with Crippen molar-refractivity contribution in [2.24, 2.45) is 9.98 Å². The zero-order valence-corrected chi connectivity index (χ0v) is 31.5. The number of thiazole rings is 2. The molecule has 0 bridgehead atoms. The van der Waals surface area contributed by atoms with E-state index < -0.39 is 11.3 Å². The second kappa shape index (κ2) is 18.3. The minimum Gasteiger partial charge on any atom is -0.872 e. The summed E-state index contributed by atoms with van der Waals surface area (Å²) in [6, 6.07) is 28.6. The van der Waals surface area contributed by atoms with E-state index in [0.29, 0.717) is 10.3 Å². The summed E-state index contributed by atoms with van der Waals surface area (Å²) in [4.78, 5) is 40.9. The summed E-state index contributed by atoms with van der Waals surface area (Å²) >= 11 is 2.76. The van der Waals surface area contributed by atoms with Crippen LogP contribution >= 0.6 is 22.7 Å². The molecule has 8 rings (SSSR count). The van der Waals surface area contributed by atoms with Crippen LogP contribution in [-0.2, 0) is 17.1 Å². The largest absolute Gasteiger partial charge is 2.00 e. The first-order valence-corrected chi connectivity index (χ1v) is 17.6. The molecule has 0 aliphatic carbocycles. The number of benzene rings is 4. The van der Waals surface area contributed by atoms with Gasteiger partial charge in [0.1, 0.15) is 11.2 Å². The molecule has 4 aromatic carbocycles. The van der Waals surface area contributed by atoms with Crippen molar-refractivity contribution >= 4 is 67.3 Å². The maximum atomic E-state index is 12.2. The third kappa shape index (κ3) is 9.36. The van der Waals surface area contributed by atoms with Gasteiger partial charge in [0.25, 0.3) is 0 Å². The Morgan fingerprint density at radius 3 is 1.36 bits per heavy atom. The molecule has 0 aliphatic heterocycles. The van der Waals surface area contributed by atoms with Crippen LogP contribution in [0, 0.1) is 13.8 Å². The van der Waals surface area contributed by atoms with Gasteiger partial charge in [0.2, 0.25) is 10.3 Å². The number of hydrogen-bond acceptors (Lipinski definition) is 12. The average Bonchev–Trinajstić information content (AvgIpc) is 3.82. The molecule has 12 nitrogen and oxygen atoms in total. The van der Waals surface area contributed by atoms with E-state index in [0.717, 1.165) is 44.4 Å². The van der Waals surface area contributed by atoms with Crippen LogP contribution in [0.5, 0.6) is 11.5 Å². The van der Waals surface area contributed by atoms with Crippen LogP contribution in [0.3, 0.4) is 0 Å². The van der Waals surface area contributed by atoms with Gasteiger partial charge in [-0.1, -0.05) is 96.4 Å². The molecule has 0 fully saturated rings. The molecule has 0 atom stereocenters. The zero-order chi connectivity index (χ0) is 36.2. The van der Waals surface area contributed by atoms with Crippen LogP contribution in [0.1, 0.15) is 22.3 Å². The van der Waals surface area contributed by atoms with Crippen LogP contribution in [0.4, 0.5) is 10.3 Å². The molecule has 281 valence electrons. The fraction of sp³-hybridized carbons (Fsp3) is 0.0500. The topological polar surface area (TPSA) is 220 Å². The van der Waals surface area contributed by atoms with E-state index in [4.69, 9.17) is 8.83 Å². The predicted molar refractivity (Wildman–Crippen MR) is 210 cm³/mol. The molecule has 8 aromatic rings. The van der Waals surface area contributed by atoms with E-state index in [9.17, 15) is 19.8 Å². The van der Waals surface area contributed by atoms with Crippen molar-refractivity contribution in [3.05, 3.63) is 151 Å². The summed E-state index contributed by atoms with van der Waals surface area (Å²) < 4.78 is 10.5. The Morgan fingerprint density at radius 2 is 0.982 bits per heavy atom. The molecule has 4 heterocycles. The normalized spacial score (nSPS) is 10.8. The van der Waals surface area contributed by atoms with Crippen molar-refractivity contribution < 1.29 is 47.1 Å². The summed E-state index contributed by atoms with van der Waals surface area (Å²) in [7, 11) is 0. The first-order valence-electron chi connectivity index (χ1n) is 15.8. The molecule has 55 heavy (non-hydrogen) atoms. The summed E-state index contributed by atoms with van der Waals surface area (Å²) in [5, 5.41) is 30.8. The second-order valence-electron chi connectivity index (χ2n) is 11.5. The van der Waals surface area contributed by atoms with Crippen LogP contribution in [-0.4, -0.2) is 33.3 Å². The minimum absolute atomic E-state index is 0. The van der Waals surface area contributed by atoms with Gasteiger partial charge in [-0.3, -0.25) is 0 Å². The van der Waals surface area contributed by atoms with Crippen molar-refractivity contribution in [2.45, 2.75) is 13.8 Å². The van der Waals surface area contributed by atoms with Crippen LogP contribution in [0.15, 0.2) is 136 Å². The maximum absolute atomic E-state index is 12.2. The Labute approximate surface area is 331 Å². The van der Waals surface area contributed by atoms with E-state index in [1.807, 2.05) is 71.4 Å². The van der Waals surface area contributed by atoms with Gasteiger partial charge in [-0.25, -0.2) is 29.5 Å².